The molecule has 0 atom stereocenters. The smallest absolute Gasteiger partial charge is 0.267 e. The Morgan fingerprint density at radius 1 is 1.11 bits per heavy atom. The predicted octanol–water partition coefficient (Wildman–Crippen LogP) is 4.76. The summed E-state index contributed by atoms with van der Waals surface area (Å²) in [5, 5.41) is 3.30. The van der Waals surface area contributed by atoms with Gasteiger partial charge in [-0.3, -0.25) is 18.9 Å². The zero-order valence-corrected chi connectivity index (χ0v) is 22.8. The molecule has 37 heavy (non-hydrogen) atoms. The van der Waals surface area contributed by atoms with Crippen LogP contribution in [0, 0.1) is 0 Å². The molecule has 1 aliphatic heterocycles. The highest BCUT2D eigenvalue weighted by Gasteiger charge is 2.32. The topological polar surface area (TPSA) is 85.2 Å². The lowest BCUT2D eigenvalue weighted by Crippen LogP contribution is -2.30. The van der Waals surface area contributed by atoms with E-state index in [0.29, 0.717) is 57.3 Å². The molecule has 1 aromatic carbocycles. The molecule has 194 valence electrons. The molecule has 10 heteroatoms. The molecule has 0 saturated carbocycles. The summed E-state index contributed by atoms with van der Waals surface area (Å²) in [5.41, 5.74) is 1.65. The summed E-state index contributed by atoms with van der Waals surface area (Å²) in [6.45, 7) is 3.24. The van der Waals surface area contributed by atoms with E-state index in [0.717, 1.165) is 24.8 Å². The minimum Gasteiger partial charge on any atom is -0.493 e. The lowest BCUT2D eigenvalue weighted by molar-refractivity contribution is -0.122. The SMILES string of the molecule is CCCCCNc1nc2ccccn2c(=O)c1/C=C1/SC(=S)N(CCc2ccc(OC)c(OC)c2)C1=O. The molecule has 1 amide bonds. The highest BCUT2D eigenvalue weighted by atomic mass is 32.2. The highest BCUT2D eigenvalue weighted by Crippen LogP contribution is 2.34. The number of fused-ring (bicyclic) bond motifs is 1. The van der Waals surface area contributed by atoms with Gasteiger partial charge in [0.25, 0.3) is 11.5 Å². The number of anilines is 1. The van der Waals surface area contributed by atoms with E-state index in [1.807, 2.05) is 24.3 Å². The van der Waals surface area contributed by atoms with Crippen molar-refractivity contribution in [3.05, 3.63) is 69.0 Å². The number of nitrogens with zero attached hydrogens (tertiary/aromatic N) is 3. The van der Waals surface area contributed by atoms with Crippen LogP contribution in [0.5, 0.6) is 11.5 Å². The molecular formula is C27H30N4O4S2. The van der Waals surface area contributed by atoms with Crippen molar-refractivity contribution in [2.75, 3.05) is 32.6 Å². The number of aromatic nitrogens is 2. The Balaban J connectivity index is 1.58. The molecule has 2 aromatic heterocycles. The third-order valence-electron chi connectivity index (χ3n) is 6.06. The largest absolute Gasteiger partial charge is 0.493 e. The summed E-state index contributed by atoms with van der Waals surface area (Å²) in [7, 11) is 3.18. The second kappa shape index (κ2) is 12.2. The van der Waals surface area contributed by atoms with Gasteiger partial charge in [0.1, 0.15) is 15.8 Å². The van der Waals surface area contributed by atoms with Gasteiger partial charge in [-0.05, 0) is 48.7 Å². The summed E-state index contributed by atoms with van der Waals surface area (Å²) in [5.74, 6) is 1.54. The van der Waals surface area contributed by atoms with Crippen LogP contribution in [0.4, 0.5) is 5.82 Å². The van der Waals surface area contributed by atoms with Crippen molar-refractivity contribution in [3.63, 3.8) is 0 Å². The number of unbranched alkanes of at least 4 members (excludes halogenated alkanes) is 2. The Hall–Kier alpha value is -3.37. The van der Waals surface area contributed by atoms with Gasteiger partial charge in [0.15, 0.2) is 11.5 Å². The maximum atomic E-state index is 13.4. The van der Waals surface area contributed by atoms with Crippen LogP contribution in [0.1, 0.15) is 37.3 Å². The van der Waals surface area contributed by atoms with Gasteiger partial charge in [0, 0.05) is 19.3 Å². The fourth-order valence-corrected chi connectivity index (χ4v) is 5.34. The van der Waals surface area contributed by atoms with Crippen LogP contribution >= 0.6 is 24.0 Å². The number of carbonyl (C=O) groups is 1. The summed E-state index contributed by atoms with van der Waals surface area (Å²) in [6, 6.07) is 11.1. The first-order chi connectivity index (χ1) is 18.0. The van der Waals surface area contributed by atoms with Crippen molar-refractivity contribution in [2.45, 2.75) is 32.6 Å². The zero-order chi connectivity index (χ0) is 26.4. The number of nitrogens with one attached hydrogen (secondary N) is 1. The lowest BCUT2D eigenvalue weighted by atomic mass is 10.1. The van der Waals surface area contributed by atoms with E-state index in [4.69, 9.17) is 21.7 Å². The van der Waals surface area contributed by atoms with E-state index in [-0.39, 0.29) is 11.5 Å². The van der Waals surface area contributed by atoms with Gasteiger partial charge in [0.05, 0.1) is 24.7 Å². The molecule has 3 heterocycles. The molecule has 1 saturated heterocycles. The van der Waals surface area contributed by atoms with Crippen LogP contribution in [0.15, 0.2) is 52.3 Å². The molecule has 0 unspecified atom stereocenters. The normalized spacial score (nSPS) is 14.6. The molecule has 1 aliphatic rings. The fourth-order valence-electron chi connectivity index (χ4n) is 4.05. The number of carbonyl (C=O) groups excluding carboxylic acids is 1. The molecule has 8 nitrogen and oxygen atoms in total. The van der Waals surface area contributed by atoms with E-state index in [2.05, 4.69) is 17.2 Å². The van der Waals surface area contributed by atoms with Gasteiger partial charge in [-0.2, -0.15) is 0 Å². The van der Waals surface area contributed by atoms with Crippen LogP contribution < -0.4 is 20.3 Å². The second-order valence-electron chi connectivity index (χ2n) is 8.51. The minimum atomic E-state index is -0.237. The van der Waals surface area contributed by atoms with Gasteiger partial charge < -0.3 is 14.8 Å². The number of ether oxygens (including phenoxy) is 2. The third-order valence-corrected chi connectivity index (χ3v) is 7.44. The quantitative estimate of drug-likeness (QED) is 0.213. The van der Waals surface area contributed by atoms with Crippen LogP contribution in [0.2, 0.25) is 0 Å². The fraction of sp³-hybridized carbons (Fsp3) is 0.333. The van der Waals surface area contributed by atoms with E-state index in [1.165, 1.54) is 16.2 Å². The third kappa shape index (κ3) is 5.97. The Morgan fingerprint density at radius 3 is 2.68 bits per heavy atom. The number of pyridine rings is 1. The number of hydrogen-bond acceptors (Lipinski definition) is 8. The van der Waals surface area contributed by atoms with E-state index >= 15 is 0 Å². The summed E-state index contributed by atoms with van der Waals surface area (Å²) >= 11 is 6.72. The summed E-state index contributed by atoms with van der Waals surface area (Å²) < 4.78 is 12.6. The van der Waals surface area contributed by atoms with Crippen LogP contribution in [0.25, 0.3) is 11.7 Å². The Labute approximate surface area is 225 Å². The lowest BCUT2D eigenvalue weighted by Gasteiger charge is -2.15. The Bertz CT molecular complexity index is 1400. The van der Waals surface area contributed by atoms with Crippen LogP contribution in [0.3, 0.4) is 0 Å². The van der Waals surface area contributed by atoms with Crippen molar-refractivity contribution in [1.82, 2.24) is 14.3 Å². The van der Waals surface area contributed by atoms with Gasteiger partial charge in [-0.25, -0.2) is 4.98 Å². The summed E-state index contributed by atoms with van der Waals surface area (Å²) in [6.07, 6.45) is 7.01. The molecule has 0 spiro atoms. The minimum absolute atomic E-state index is 0.218. The molecule has 0 aliphatic carbocycles. The number of thiocarbonyl (C=S) groups is 1. The van der Waals surface area contributed by atoms with Gasteiger partial charge >= 0.3 is 0 Å². The van der Waals surface area contributed by atoms with Crippen molar-refractivity contribution in [2.24, 2.45) is 0 Å². The first kappa shape index (κ1) is 26.7. The number of methoxy groups -OCH3 is 2. The van der Waals surface area contributed by atoms with Gasteiger partial charge in [0.2, 0.25) is 0 Å². The van der Waals surface area contributed by atoms with E-state index in [9.17, 15) is 9.59 Å². The molecule has 1 N–H and O–H groups in total. The van der Waals surface area contributed by atoms with Crippen molar-refractivity contribution in [3.8, 4) is 11.5 Å². The maximum absolute atomic E-state index is 13.4. The summed E-state index contributed by atoms with van der Waals surface area (Å²) in [4.78, 5) is 33.3. The number of benzene rings is 1. The monoisotopic (exact) mass is 538 g/mol. The molecule has 0 bridgehead atoms. The number of amides is 1. The number of hydrogen-bond donors (Lipinski definition) is 1. The highest BCUT2D eigenvalue weighted by molar-refractivity contribution is 8.26. The molecule has 4 rings (SSSR count). The average Bonchev–Trinajstić information content (AvgIpc) is 3.18. The van der Waals surface area contributed by atoms with Crippen LogP contribution in [-0.4, -0.2) is 51.8 Å². The zero-order valence-electron chi connectivity index (χ0n) is 21.2. The van der Waals surface area contributed by atoms with E-state index < -0.39 is 0 Å². The van der Waals surface area contributed by atoms with Gasteiger partial charge in [-0.1, -0.05) is 55.9 Å². The predicted molar refractivity (Wildman–Crippen MR) is 153 cm³/mol. The molecule has 1 fully saturated rings. The Kier molecular flexibility index (Phi) is 8.83. The Morgan fingerprint density at radius 2 is 1.92 bits per heavy atom. The average molecular weight is 539 g/mol. The molecule has 3 aromatic rings. The van der Waals surface area contributed by atoms with Crippen molar-refractivity contribution in [1.29, 1.82) is 0 Å². The first-order valence-electron chi connectivity index (χ1n) is 12.2. The standard InChI is InChI=1S/C27H30N4O4S2/c1-4-5-7-13-28-24-19(25(32)30-14-8-6-9-23(30)29-24)17-22-26(33)31(27(36)37-22)15-12-18-10-11-20(34-2)21(16-18)35-3/h6,8-11,14,16-17,28H,4-5,7,12-13,15H2,1-3H3/b22-17+. The van der Waals surface area contributed by atoms with Crippen molar-refractivity contribution < 1.29 is 14.3 Å². The van der Waals surface area contributed by atoms with Crippen molar-refractivity contribution >= 4 is 51.7 Å². The number of rotatable bonds is 11. The van der Waals surface area contributed by atoms with E-state index in [1.54, 1.807) is 43.5 Å². The number of thioether (sulfide) groups is 1. The molecule has 0 radical (unpaired) electrons. The maximum Gasteiger partial charge on any atom is 0.267 e. The van der Waals surface area contributed by atoms with Crippen LogP contribution in [-0.2, 0) is 11.2 Å². The van der Waals surface area contributed by atoms with Gasteiger partial charge in [-0.15, -0.1) is 0 Å². The first-order valence-corrected chi connectivity index (χ1v) is 13.4. The second-order valence-corrected chi connectivity index (χ2v) is 10.2. The molecular weight excluding hydrogens is 508 g/mol.